The van der Waals surface area contributed by atoms with Gasteiger partial charge in [0.15, 0.2) is 11.6 Å². The standard InChI is InChI=1S/C23H24FN3O2S/c1-16-25-21(18-6-4-3-5-7-18)22(30-16)23(28)27-12-10-26(11-13-27)15-17-8-9-20(29-2)19(24)14-17/h3-9,14H,10-13,15H2,1-2H3. The van der Waals surface area contributed by atoms with Gasteiger partial charge in [-0.05, 0) is 24.6 Å². The maximum Gasteiger partial charge on any atom is 0.266 e. The molecule has 30 heavy (non-hydrogen) atoms. The van der Waals surface area contributed by atoms with Gasteiger partial charge in [-0.15, -0.1) is 11.3 Å². The van der Waals surface area contributed by atoms with E-state index in [0.717, 1.165) is 34.9 Å². The maximum absolute atomic E-state index is 13.9. The summed E-state index contributed by atoms with van der Waals surface area (Å²) in [4.78, 5) is 22.6. The van der Waals surface area contributed by atoms with Crippen molar-refractivity contribution in [3.8, 4) is 17.0 Å². The average molecular weight is 426 g/mol. The Hall–Kier alpha value is -2.77. The van der Waals surface area contributed by atoms with Gasteiger partial charge in [0, 0.05) is 38.3 Å². The molecular formula is C23H24FN3O2S. The number of halogens is 1. The Bertz CT molecular complexity index is 1030. The van der Waals surface area contributed by atoms with E-state index in [-0.39, 0.29) is 17.5 Å². The Morgan fingerprint density at radius 1 is 1.13 bits per heavy atom. The normalized spacial score (nSPS) is 14.7. The molecule has 1 aromatic heterocycles. The van der Waals surface area contributed by atoms with E-state index in [4.69, 9.17) is 4.74 Å². The number of aryl methyl sites for hydroxylation is 1. The monoisotopic (exact) mass is 425 g/mol. The van der Waals surface area contributed by atoms with E-state index in [2.05, 4.69) is 9.88 Å². The highest BCUT2D eigenvalue weighted by Crippen LogP contribution is 2.29. The third kappa shape index (κ3) is 4.37. The minimum atomic E-state index is -0.349. The van der Waals surface area contributed by atoms with Crippen molar-refractivity contribution < 1.29 is 13.9 Å². The molecular weight excluding hydrogens is 401 g/mol. The maximum atomic E-state index is 13.9. The molecule has 1 saturated heterocycles. The topological polar surface area (TPSA) is 45.7 Å². The Kier molecular flexibility index (Phi) is 6.11. The smallest absolute Gasteiger partial charge is 0.266 e. The van der Waals surface area contributed by atoms with Gasteiger partial charge in [-0.1, -0.05) is 36.4 Å². The molecule has 2 heterocycles. The molecule has 3 aromatic rings. The van der Waals surface area contributed by atoms with E-state index >= 15 is 0 Å². The number of benzene rings is 2. The molecule has 0 N–H and O–H groups in total. The second-order valence-electron chi connectivity index (χ2n) is 7.31. The summed E-state index contributed by atoms with van der Waals surface area (Å²) in [6.45, 7) is 5.36. The molecule has 0 saturated carbocycles. The van der Waals surface area contributed by atoms with Gasteiger partial charge in [0.1, 0.15) is 4.88 Å². The lowest BCUT2D eigenvalue weighted by molar-refractivity contribution is 0.0633. The van der Waals surface area contributed by atoms with Crippen LogP contribution in [0.25, 0.3) is 11.3 Å². The van der Waals surface area contributed by atoms with Gasteiger partial charge in [-0.3, -0.25) is 9.69 Å². The second-order valence-corrected chi connectivity index (χ2v) is 8.52. The molecule has 0 spiro atoms. The summed E-state index contributed by atoms with van der Waals surface area (Å²) in [5.41, 5.74) is 2.63. The van der Waals surface area contributed by atoms with Crippen molar-refractivity contribution in [2.45, 2.75) is 13.5 Å². The Labute approximate surface area is 179 Å². The van der Waals surface area contributed by atoms with Gasteiger partial charge in [0.25, 0.3) is 5.91 Å². The lowest BCUT2D eigenvalue weighted by atomic mass is 10.1. The van der Waals surface area contributed by atoms with Crippen molar-refractivity contribution in [2.24, 2.45) is 0 Å². The highest BCUT2D eigenvalue weighted by Gasteiger charge is 2.26. The van der Waals surface area contributed by atoms with Crippen LogP contribution in [0, 0.1) is 12.7 Å². The summed E-state index contributed by atoms with van der Waals surface area (Å²) < 4.78 is 18.9. The molecule has 0 bridgehead atoms. The van der Waals surface area contributed by atoms with E-state index in [1.165, 1.54) is 24.5 Å². The van der Waals surface area contributed by atoms with Crippen molar-refractivity contribution in [3.05, 3.63) is 69.8 Å². The number of carbonyl (C=O) groups is 1. The van der Waals surface area contributed by atoms with Crippen LogP contribution in [-0.4, -0.2) is 54.0 Å². The van der Waals surface area contributed by atoms with Gasteiger partial charge in [-0.25, -0.2) is 9.37 Å². The van der Waals surface area contributed by atoms with Crippen LogP contribution in [0.15, 0.2) is 48.5 Å². The lowest BCUT2D eigenvalue weighted by Gasteiger charge is -2.34. The van der Waals surface area contributed by atoms with Crippen molar-refractivity contribution in [3.63, 3.8) is 0 Å². The first kappa shape index (κ1) is 20.5. The van der Waals surface area contributed by atoms with Gasteiger partial charge >= 0.3 is 0 Å². The molecule has 7 heteroatoms. The predicted molar refractivity (Wildman–Crippen MR) is 116 cm³/mol. The van der Waals surface area contributed by atoms with Crippen molar-refractivity contribution in [1.29, 1.82) is 0 Å². The van der Waals surface area contributed by atoms with E-state index in [0.29, 0.717) is 24.5 Å². The highest BCUT2D eigenvalue weighted by molar-refractivity contribution is 7.14. The van der Waals surface area contributed by atoms with E-state index in [1.807, 2.05) is 48.2 Å². The first-order valence-electron chi connectivity index (χ1n) is 9.92. The van der Waals surface area contributed by atoms with Crippen LogP contribution in [0.1, 0.15) is 20.2 Å². The number of hydrogen-bond acceptors (Lipinski definition) is 5. The first-order chi connectivity index (χ1) is 14.5. The zero-order valence-corrected chi connectivity index (χ0v) is 17.9. The van der Waals surface area contributed by atoms with Crippen LogP contribution in [0.4, 0.5) is 4.39 Å². The number of rotatable bonds is 5. The highest BCUT2D eigenvalue weighted by atomic mass is 32.1. The Morgan fingerprint density at radius 3 is 2.53 bits per heavy atom. The molecule has 1 aliphatic heterocycles. The minimum absolute atomic E-state index is 0.0367. The molecule has 0 unspecified atom stereocenters. The van der Waals surface area contributed by atoms with E-state index < -0.39 is 0 Å². The zero-order valence-electron chi connectivity index (χ0n) is 17.1. The van der Waals surface area contributed by atoms with Crippen LogP contribution in [0.5, 0.6) is 5.75 Å². The lowest BCUT2D eigenvalue weighted by Crippen LogP contribution is -2.48. The summed E-state index contributed by atoms with van der Waals surface area (Å²) in [6.07, 6.45) is 0. The van der Waals surface area contributed by atoms with Crippen LogP contribution in [0.2, 0.25) is 0 Å². The van der Waals surface area contributed by atoms with Crippen LogP contribution in [-0.2, 0) is 6.54 Å². The predicted octanol–water partition coefficient (Wildman–Crippen LogP) is 4.22. The van der Waals surface area contributed by atoms with Crippen LogP contribution in [0.3, 0.4) is 0 Å². The number of carbonyl (C=O) groups excluding carboxylic acids is 1. The number of hydrogen-bond donors (Lipinski definition) is 0. The number of methoxy groups -OCH3 is 1. The van der Waals surface area contributed by atoms with Crippen LogP contribution < -0.4 is 4.74 Å². The zero-order chi connectivity index (χ0) is 21.1. The number of nitrogens with zero attached hydrogens (tertiary/aromatic N) is 3. The molecule has 1 fully saturated rings. The minimum Gasteiger partial charge on any atom is -0.494 e. The largest absolute Gasteiger partial charge is 0.494 e. The van der Waals surface area contributed by atoms with Crippen molar-refractivity contribution in [1.82, 2.24) is 14.8 Å². The van der Waals surface area contributed by atoms with Gasteiger partial charge < -0.3 is 9.64 Å². The van der Waals surface area contributed by atoms with Crippen molar-refractivity contribution in [2.75, 3.05) is 33.3 Å². The molecule has 1 amide bonds. The molecule has 0 aliphatic carbocycles. The summed E-state index contributed by atoms with van der Waals surface area (Å²) in [5, 5.41) is 0.886. The SMILES string of the molecule is COc1ccc(CN2CCN(C(=O)c3sc(C)nc3-c3ccccc3)CC2)cc1F. The Balaban J connectivity index is 1.41. The fourth-order valence-electron chi connectivity index (χ4n) is 3.68. The first-order valence-corrected chi connectivity index (χ1v) is 10.7. The molecule has 4 rings (SSSR count). The molecule has 1 aliphatic rings. The number of piperazine rings is 1. The third-order valence-electron chi connectivity index (χ3n) is 5.26. The summed E-state index contributed by atoms with van der Waals surface area (Å²) in [6, 6.07) is 14.9. The van der Waals surface area contributed by atoms with Gasteiger partial charge in [0.05, 0.1) is 17.8 Å². The summed E-state index contributed by atoms with van der Waals surface area (Å²) >= 11 is 1.45. The molecule has 2 aromatic carbocycles. The number of amides is 1. The Morgan fingerprint density at radius 2 is 1.87 bits per heavy atom. The number of thiazole rings is 1. The van der Waals surface area contributed by atoms with E-state index in [1.54, 1.807) is 6.07 Å². The van der Waals surface area contributed by atoms with Gasteiger partial charge in [0.2, 0.25) is 0 Å². The molecule has 5 nitrogen and oxygen atoms in total. The fraction of sp³-hybridized carbons (Fsp3) is 0.304. The second kappa shape index (κ2) is 8.93. The fourth-order valence-corrected chi connectivity index (χ4v) is 4.59. The average Bonchev–Trinajstić information content (AvgIpc) is 3.16. The van der Waals surface area contributed by atoms with Crippen LogP contribution >= 0.6 is 11.3 Å². The summed E-state index contributed by atoms with van der Waals surface area (Å²) in [7, 11) is 1.46. The molecule has 156 valence electrons. The third-order valence-corrected chi connectivity index (χ3v) is 6.22. The molecule has 0 atom stereocenters. The number of ether oxygens (including phenoxy) is 1. The molecule has 0 radical (unpaired) electrons. The van der Waals surface area contributed by atoms with Crippen molar-refractivity contribution >= 4 is 17.2 Å². The quantitative estimate of drug-likeness (QED) is 0.614. The van der Waals surface area contributed by atoms with E-state index in [9.17, 15) is 9.18 Å². The van der Waals surface area contributed by atoms with Gasteiger partial charge in [-0.2, -0.15) is 0 Å². The number of aromatic nitrogens is 1. The summed E-state index contributed by atoms with van der Waals surface area (Å²) in [5.74, 6) is -0.0596.